The molecule has 1 atom stereocenters. The number of amides is 1. The zero-order valence-electron chi connectivity index (χ0n) is 13.0. The first kappa shape index (κ1) is 17.4. The van der Waals surface area contributed by atoms with Crippen LogP contribution in [0.5, 0.6) is 0 Å². The van der Waals surface area contributed by atoms with Gasteiger partial charge in [-0.2, -0.15) is 0 Å². The third-order valence-corrected chi connectivity index (χ3v) is 5.43. The highest BCUT2D eigenvalue weighted by molar-refractivity contribution is 7.89. The lowest BCUT2D eigenvalue weighted by atomic mass is 9.98. The Kier molecular flexibility index (Phi) is 4.76. The lowest BCUT2D eigenvalue weighted by molar-refractivity contribution is -0.143. The highest BCUT2D eigenvalue weighted by Crippen LogP contribution is 2.22. The van der Waals surface area contributed by atoms with Crippen molar-refractivity contribution in [3.05, 3.63) is 29.8 Å². The molecule has 1 aromatic rings. The van der Waals surface area contributed by atoms with Gasteiger partial charge in [0, 0.05) is 11.6 Å². The second-order valence-electron chi connectivity index (χ2n) is 5.86. The summed E-state index contributed by atoms with van der Waals surface area (Å²) in [5, 5.41) is 11.6. The SMILES string of the molecule is CCC(C)(NC(=O)c1ccc(S(=O)(=O)NC2CC2)cc1)C(=O)O. The third kappa shape index (κ3) is 4.08. The third-order valence-electron chi connectivity index (χ3n) is 3.89. The monoisotopic (exact) mass is 340 g/mol. The summed E-state index contributed by atoms with van der Waals surface area (Å²) in [5.41, 5.74) is -1.16. The van der Waals surface area contributed by atoms with E-state index in [1.165, 1.54) is 31.2 Å². The number of hydrogen-bond acceptors (Lipinski definition) is 4. The Bertz CT molecular complexity index is 710. The van der Waals surface area contributed by atoms with Gasteiger partial charge in [-0.15, -0.1) is 0 Å². The summed E-state index contributed by atoms with van der Waals surface area (Å²) >= 11 is 0. The molecule has 1 saturated carbocycles. The molecule has 126 valence electrons. The topological polar surface area (TPSA) is 113 Å². The number of rotatable bonds is 7. The van der Waals surface area contributed by atoms with E-state index in [4.69, 9.17) is 5.11 Å². The fourth-order valence-electron chi connectivity index (χ4n) is 1.89. The van der Waals surface area contributed by atoms with E-state index in [0.29, 0.717) is 0 Å². The second-order valence-corrected chi connectivity index (χ2v) is 7.58. The summed E-state index contributed by atoms with van der Waals surface area (Å²) in [6.45, 7) is 3.08. The summed E-state index contributed by atoms with van der Waals surface area (Å²) in [4.78, 5) is 23.4. The smallest absolute Gasteiger partial charge is 0.329 e. The molecule has 1 unspecified atom stereocenters. The zero-order valence-corrected chi connectivity index (χ0v) is 13.8. The van der Waals surface area contributed by atoms with Gasteiger partial charge in [0.1, 0.15) is 5.54 Å². The van der Waals surface area contributed by atoms with E-state index in [-0.39, 0.29) is 22.9 Å². The summed E-state index contributed by atoms with van der Waals surface area (Å²) in [5.74, 6) is -1.68. The number of nitrogens with one attached hydrogen (secondary N) is 2. The normalized spacial score (nSPS) is 17.3. The number of carboxylic acids is 1. The van der Waals surface area contributed by atoms with Crippen LogP contribution in [0.4, 0.5) is 0 Å². The van der Waals surface area contributed by atoms with Gasteiger partial charge in [0.2, 0.25) is 10.0 Å². The summed E-state index contributed by atoms with van der Waals surface area (Å²) in [6.07, 6.45) is 1.90. The molecule has 0 radical (unpaired) electrons. The van der Waals surface area contributed by atoms with Crippen LogP contribution in [0, 0.1) is 0 Å². The van der Waals surface area contributed by atoms with Gasteiger partial charge in [-0.1, -0.05) is 6.92 Å². The average Bonchev–Trinajstić information content (AvgIpc) is 3.30. The standard InChI is InChI=1S/C15H20N2O5S/c1-3-15(2,14(19)20)16-13(18)10-4-8-12(9-5-10)23(21,22)17-11-6-7-11/h4-5,8-9,11,17H,3,6-7H2,1-2H3,(H,16,18)(H,19,20). The van der Waals surface area contributed by atoms with E-state index in [9.17, 15) is 18.0 Å². The molecule has 1 aliphatic carbocycles. The summed E-state index contributed by atoms with van der Waals surface area (Å²) in [6, 6.07) is 5.42. The molecule has 0 saturated heterocycles. The molecule has 1 aliphatic rings. The Morgan fingerprint density at radius 1 is 1.26 bits per heavy atom. The zero-order chi connectivity index (χ0) is 17.3. The van der Waals surface area contributed by atoms with Crippen molar-refractivity contribution in [2.45, 2.75) is 49.6 Å². The molecule has 8 heteroatoms. The van der Waals surface area contributed by atoms with Crippen LogP contribution in [0.3, 0.4) is 0 Å². The van der Waals surface area contributed by atoms with E-state index in [2.05, 4.69) is 10.0 Å². The molecule has 1 aromatic carbocycles. The van der Waals surface area contributed by atoms with Gasteiger partial charge in [-0.05, 0) is 50.5 Å². The summed E-state index contributed by atoms with van der Waals surface area (Å²) in [7, 11) is -3.57. The fraction of sp³-hybridized carbons (Fsp3) is 0.467. The van der Waals surface area contributed by atoms with Crippen LogP contribution in [-0.2, 0) is 14.8 Å². The van der Waals surface area contributed by atoms with Crippen LogP contribution in [0.2, 0.25) is 0 Å². The first-order valence-electron chi connectivity index (χ1n) is 7.36. The van der Waals surface area contributed by atoms with Crippen molar-refractivity contribution in [2.75, 3.05) is 0 Å². The van der Waals surface area contributed by atoms with Crippen LogP contribution < -0.4 is 10.0 Å². The van der Waals surface area contributed by atoms with Gasteiger partial charge < -0.3 is 10.4 Å². The number of carbonyl (C=O) groups is 2. The molecule has 1 amide bonds. The Balaban J connectivity index is 2.12. The van der Waals surface area contributed by atoms with Gasteiger partial charge in [0.25, 0.3) is 5.91 Å². The molecule has 0 aliphatic heterocycles. The molecule has 23 heavy (non-hydrogen) atoms. The molecule has 3 N–H and O–H groups in total. The van der Waals surface area contributed by atoms with Crippen molar-refractivity contribution in [3.63, 3.8) is 0 Å². The number of sulfonamides is 1. The number of hydrogen-bond donors (Lipinski definition) is 3. The van der Waals surface area contributed by atoms with Gasteiger partial charge in [-0.3, -0.25) is 4.79 Å². The minimum absolute atomic E-state index is 0.00352. The van der Waals surface area contributed by atoms with Crippen LogP contribution in [0.15, 0.2) is 29.2 Å². The number of carboxylic acid groups (broad SMARTS) is 1. The van der Waals surface area contributed by atoms with E-state index in [0.717, 1.165) is 12.8 Å². The molecular formula is C15H20N2O5S. The van der Waals surface area contributed by atoms with E-state index < -0.39 is 27.4 Å². The van der Waals surface area contributed by atoms with Gasteiger partial charge in [0.05, 0.1) is 4.90 Å². The van der Waals surface area contributed by atoms with E-state index in [1.807, 2.05) is 0 Å². The van der Waals surface area contributed by atoms with Crippen molar-refractivity contribution in [1.82, 2.24) is 10.0 Å². The Labute approximate surface area is 135 Å². The molecule has 0 heterocycles. The van der Waals surface area contributed by atoms with Crippen molar-refractivity contribution in [2.24, 2.45) is 0 Å². The van der Waals surface area contributed by atoms with Crippen molar-refractivity contribution in [3.8, 4) is 0 Å². The molecule has 1 fully saturated rings. The van der Waals surface area contributed by atoms with Gasteiger partial charge in [-0.25, -0.2) is 17.9 Å². The van der Waals surface area contributed by atoms with Gasteiger partial charge >= 0.3 is 5.97 Å². The fourth-order valence-corrected chi connectivity index (χ4v) is 3.19. The first-order valence-corrected chi connectivity index (χ1v) is 8.84. The Morgan fingerprint density at radius 2 is 1.83 bits per heavy atom. The van der Waals surface area contributed by atoms with Crippen LogP contribution in [0.1, 0.15) is 43.5 Å². The van der Waals surface area contributed by atoms with Crippen molar-refractivity contribution in [1.29, 1.82) is 0 Å². The van der Waals surface area contributed by atoms with Gasteiger partial charge in [0.15, 0.2) is 0 Å². The molecular weight excluding hydrogens is 320 g/mol. The summed E-state index contributed by atoms with van der Waals surface area (Å²) < 4.78 is 26.6. The molecule has 7 nitrogen and oxygen atoms in total. The maximum atomic E-state index is 12.1. The lowest BCUT2D eigenvalue weighted by Crippen LogP contribution is -2.51. The number of aliphatic carboxylic acids is 1. The highest BCUT2D eigenvalue weighted by atomic mass is 32.2. The molecule has 0 aromatic heterocycles. The average molecular weight is 340 g/mol. The van der Waals surface area contributed by atoms with Crippen LogP contribution in [-0.4, -0.2) is 37.0 Å². The first-order chi connectivity index (χ1) is 10.7. The minimum Gasteiger partial charge on any atom is -0.480 e. The molecule has 2 rings (SSSR count). The Morgan fingerprint density at radius 3 is 2.26 bits per heavy atom. The van der Waals surface area contributed by atoms with Crippen LogP contribution >= 0.6 is 0 Å². The number of carbonyl (C=O) groups excluding carboxylic acids is 1. The second kappa shape index (κ2) is 6.29. The Hall–Kier alpha value is -1.93. The molecule has 0 bridgehead atoms. The van der Waals surface area contributed by atoms with Crippen molar-refractivity contribution >= 4 is 21.9 Å². The molecule has 0 spiro atoms. The lowest BCUT2D eigenvalue weighted by Gasteiger charge is -2.24. The quantitative estimate of drug-likeness (QED) is 0.688. The predicted octanol–water partition coefficient (Wildman–Crippen LogP) is 1.11. The number of benzene rings is 1. The highest BCUT2D eigenvalue weighted by Gasteiger charge is 2.33. The van der Waals surface area contributed by atoms with E-state index in [1.54, 1.807) is 6.92 Å². The maximum absolute atomic E-state index is 12.1. The van der Waals surface area contributed by atoms with Crippen molar-refractivity contribution < 1.29 is 23.1 Å². The van der Waals surface area contributed by atoms with Crippen LogP contribution in [0.25, 0.3) is 0 Å². The van der Waals surface area contributed by atoms with E-state index >= 15 is 0 Å². The maximum Gasteiger partial charge on any atom is 0.329 e. The predicted molar refractivity (Wildman–Crippen MR) is 83.6 cm³/mol. The minimum atomic E-state index is -3.57. The largest absolute Gasteiger partial charge is 0.480 e.